The molecule has 1 atom stereocenters. The van der Waals surface area contributed by atoms with Crippen LogP contribution in [0.2, 0.25) is 8.67 Å². The molecular formula is C12H8BrCl2FS. The molecule has 0 amide bonds. The maximum atomic E-state index is 13.2. The summed E-state index contributed by atoms with van der Waals surface area (Å²) in [5, 5.41) is 0. The molecule has 0 aliphatic heterocycles. The van der Waals surface area contributed by atoms with Crippen molar-refractivity contribution in [1.29, 1.82) is 0 Å². The fourth-order valence-electron chi connectivity index (χ4n) is 1.53. The molecule has 0 spiro atoms. The van der Waals surface area contributed by atoms with E-state index >= 15 is 0 Å². The summed E-state index contributed by atoms with van der Waals surface area (Å²) in [4.78, 5) is -0.0713. The normalized spacial score (nSPS) is 12.8. The Morgan fingerprint density at radius 1 is 1.29 bits per heavy atom. The first-order valence-electron chi connectivity index (χ1n) is 4.84. The van der Waals surface area contributed by atoms with E-state index in [1.165, 1.54) is 17.4 Å². The lowest BCUT2D eigenvalue weighted by molar-refractivity contribution is 0.618. The van der Waals surface area contributed by atoms with Gasteiger partial charge in [-0.15, -0.1) is 11.3 Å². The van der Waals surface area contributed by atoms with Crippen molar-refractivity contribution in [2.45, 2.75) is 11.8 Å². The van der Waals surface area contributed by atoms with Crippen LogP contribution in [0.15, 0.2) is 24.3 Å². The van der Waals surface area contributed by atoms with Gasteiger partial charge < -0.3 is 0 Å². The maximum absolute atomic E-state index is 13.2. The van der Waals surface area contributed by atoms with Gasteiger partial charge in [0.25, 0.3) is 0 Å². The van der Waals surface area contributed by atoms with Crippen LogP contribution in [0.1, 0.15) is 21.5 Å². The van der Waals surface area contributed by atoms with Crippen molar-refractivity contribution in [3.63, 3.8) is 0 Å². The third kappa shape index (κ3) is 2.84. The molecular weight excluding hydrogens is 346 g/mol. The SMILES string of the molecule is Cc1cc(C(Br)c2cc(Cl)sc2Cl)ccc1F. The van der Waals surface area contributed by atoms with Gasteiger partial charge in [-0.3, -0.25) is 0 Å². The summed E-state index contributed by atoms with van der Waals surface area (Å²) in [6.07, 6.45) is 0. The molecule has 0 bridgehead atoms. The monoisotopic (exact) mass is 352 g/mol. The van der Waals surface area contributed by atoms with Crippen molar-refractivity contribution in [2.24, 2.45) is 0 Å². The largest absolute Gasteiger partial charge is 0.207 e. The second-order valence-corrected chi connectivity index (χ2v) is 6.85. The van der Waals surface area contributed by atoms with Crippen molar-refractivity contribution in [2.75, 3.05) is 0 Å². The Bertz CT molecular complexity index is 553. The molecule has 0 fully saturated rings. The molecule has 90 valence electrons. The zero-order valence-corrected chi connectivity index (χ0v) is 12.7. The van der Waals surface area contributed by atoms with E-state index in [0.29, 0.717) is 14.2 Å². The number of hydrogen-bond donors (Lipinski definition) is 0. The molecule has 17 heavy (non-hydrogen) atoms. The highest BCUT2D eigenvalue weighted by atomic mass is 79.9. The van der Waals surface area contributed by atoms with E-state index in [0.717, 1.165) is 11.1 Å². The fraction of sp³-hybridized carbons (Fsp3) is 0.167. The van der Waals surface area contributed by atoms with E-state index in [-0.39, 0.29) is 10.6 Å². The molecule has 1 aromatic heterocycles. The lowest BCUT2D eigenvalue weighted by Crippen LogP contribution is -1.93. The number of aryl methyl sites for hydroxylation is 1. The van der Waals surface area contributed by atoms with E-state index in [9.17, 15) is 4.39 Å². The molecule has 0 saturated heterocycles. The Balaban J connectivity index is 2.40. The van der Waals surface area contributed by atoms with Gasteiger partial charge in [0, 0.05) is 5.56 Å². The Kier molecular flexibility index (Phi) is 4.14. The average molecular weight is 354 g/mol. The number of thiophene rings is 1. The van der Waals surface area contributed by atoms with Crippen molar-refractivity contribution in [3.05, 3.63) is 55.4 Å². The molecule has 0 saturated carbocycles. The number of alkyl halides is 1. The smallest absolute Gasteiger partial charge is 0.126 e. The number of halogens is 4. The lowest BCUT2D eigenvalue weighted by Gasteiger charge is -2.10. The van der Waals surface area contributed by atoms with Crippen molar-refractivity contribution in [1.82, 2.24) is 0 Å². The highest BCUT2D eigenvalue weighted by Gasteiger charge is 2.17. The van der Waals surface area contributed by atoms with Crippen molar-refractivity contribution < 1.29 is 4.39 Å². The average Bonchev–Trinajstić information content (AvgIpc) is 2.61. The summed E-state index contributed by atoms with van der Waals surface area (Å²) in [5.74, 6) is -0.206. The molecule has 0 nitrogen and oxygen atoms in total. The van der Waals surface area contributed by atoms with E-state index in [1.807, 2.05) is 6.07 Å². The highest BCUT2D eigenvalue weighted by molar-refractivity contribution is 9.09. The summed E-state index contributed by atoms with van der Waals surface area (Å²) in [7, 11) is 0. The second kappa shape index (κ2) is 5.27. The zero-order chi connectivity index (χ0) is 12.6. The number of benzene rings is 1. The predicted octanol–water partition coefficient (Wildman–Crippen LogP) is 5.99. The predicted molar refractivity (Wildman–Crippen MR) is 76.2 cm³/mol. The molecule has 5 heteroatoms. The molecule has 2 aromatic rings. The Labute approximate surface area is 121 Å². The van der Waals surface area contributed by atoms with Crippen LogP contribution in [0, 0.1) is 12.7 Å². The van der Waals surface area contributed by atoms with Gasteiger partial charge in [0.15, 0.2) is 0 Å². The van der Waals surface area contributed by atoms with Crippen molar-refractivity contribution in [3.8, 4) is 0 Å². The van der Waals surface area contributed by atoms with E-state index in [4.69, 9.17) is 23.2 Å². The fourth-order valence-corrected chi connectivity index (χ4v) is 3.99. The molecule has 1 heterocycles. The van der Waals surface area contributed by atoms with Crippen LogP contribution < -0.4 is 0 Å². The minimum absolute atomic E-state index is 0.0713. The van der Waals surface area contributed by atoms with Crippen LogP contribution in [0.5, 0.6) is 0 Å². The van der Waals surface area contributed by atoms with Gasteiger partial charge in [-0.2, -0.15) is 0 Å². The van der Waals surface area contributed by atoms with Gasteiger partial charge in [-0.1, -0.05) is 51.3 Å². The molecule has 1 aromatic carbocycles. The highest BCUT2D eigenvalue weighted by Crippen LogP contribution is 2.41. The van der Waals surface area contributed by atoms with Gasteiger partial charge in [-0.05, 0) is 30.2 Å². The van der Waals surface area contributed by atoms with Gasteiger partial charge in [0.1, 0.15) is 5.82 Å². The first-order valence-corrected chi connectivity index (χ1v) is 7.32. The Morgan fingerprint density at radius 2 is 2.00 bits per heavy atom. The zero-order valence-electron chi connectivity index (χ0n) is 8.81. The van der Waals surface area contributed by atoms with Crippen LogP contribution in [0.4, 0.5) is 4.39 Å². The number of hydrogen-bond acceptors (Lipinski definition) is 1. The minimum Gasteiger partial charge on any atom is -0.207 e. The molecule has 0 N–H and O–H groups in total. The molecule has 2 rings (SSSR count). The summed E-state index contributed by atoms with van der Waals surface area (Å²) >= 11 is 16.9. The first-order chi connectivity index (χ1) is 7.99. The van der Waals surface area contributed by atoms with Crippen LogP contribution in [-0.2, 0) is 0 Å². The summed E-state index contributed by atoms with van der Waals surface area (Å²) in [6.45, 7) is 1.74. The van der Waals surface area contributed by atoms with Gasteiger partial charge in [0.2, 0.25) is 0 Å². The van der Waals surface area contributed by atoms with Gasteiger partial charge in [0.05, 0.1) is 13.5 Å². The van der Waals surface area contributed by atoms with Crippen LogP contribution in [-0.4, -0.2) is 0 Å². The topological polar surface area (TPSA) is 0 Å². The van der Waals surface area contributed by atoms with E-state index < -0.39 is 0 Å². The summed E-state index contributed by atoms with van der Waals surface area (Å²) in [5.41, 5.74) is 2.48. The third-order valence-corrected chi connectivity index (χ3v) is 4.97. The van der Waals surface area contributed by atoms with Crippen LogP contribution in [0.25, 0.3) is 0 Å². The second-order valence-electron chi connectivity index (χ2n) is 3.65. The van der Waals surface area contributed by atoms with Crippen LogP contribution >= 0.6 is 50.5 Å². The minimum atomic E-state index is -0.206. The van der Waals surface area contributed by atoms with Crippen molar-refractivity contribution >= 4 is 50.5 Å². The Hall–Kier alpha value is -0.0900. The van der Waals surface area contributed by atoms with E-state index in [1.54, 1.807) is 19.1 Å². The molecule has 0 aliphatic rings. The molecule has 1 unspecified atom stereocenters. The summed E-state index contributed by atoms with van der Waals surface area (Å²) < 4.78 is 14.5. The molecule has 0 radical (unpaired) electrons. The third-order valence-electron chi connectivity index (χ3n) is 2.43. The maximum Gasteiger partial charge on any atom is 0.126 e. The van der Waals surface area contributed by atoms with Gasteiger partial charge in [-0.25, -0.2) is 4.39 Å². The first kappa shape index (κ1) is 13.3. The quantitative estimate of drug-likeness (QED) is 0.582. The lowest BCUT2D eigenvalue weighted by atomic mass is 10.1. The van der Waals surface area contributed by atoms with Gasteiger partial charge >= 0.3 is 0 Å². The molecule has 0 aliphatic carbocycles. The standard InChI is InChI=1S/C12H8BrCl2FS/c1-6-4-7(2-3-9(6)16)11(13)8-5-10(14)17-12(8)15/h2-5,11H,1H3. The summed E-state index contributed by atoms with van der Waals surface area (Å²) in [6, 6.07) is 6.83. The number of rotatable bonds is 2. The van der Waals surface area contributed by atoms with Crippen LogP contribution in [0.3, 0.4) is 0 Å². The van der Waals surface area contributed by atoms with E-state index in [2.05, 4.69) is 15.9 Å². The Morgan fingerprint density at radius 3 is 2.53 bits per heavy atom.